The van der Waals surface area contributed by atoms with Gasteiger partial charge >= 0.3 is 5.97 Å². The van der Waals surface area contributed by atoms with E-state index in [2.05, 4.69) is 29.4 Å². The lowest BCUT2D eigenvalue weighted by atomic mass is 10.1. The van der Waals surface area contributed by atoms with Gasteiger partial charge in [-0.1, -0.05) is 38.1 Å². The second-order valence-electron chi connectivity index (χ2n) is 5.46. The van der Waals surface area contributed by atoms with Crippen LogP contribution in [0.15, 0.2) is 29.6 Å². The van der Waals surface area contributed by atoms with E-state index in [1.165, 1.54) is 16.9 Å². The minimum atomic E-state index is -0.833. The van der Waals surface area contributed by atoms with Gasteiger partial charge in [0.05, 0.1) is 5.69 Å². The fourth-order valence-electron chi connectivity index (χ4n) is 2.10. The molecule has 0 spiro atoms. The zero-order chi connectivity index (χ0) is 17.5. The Morgan fingerprint density at radius 2 is 1.96 bits per heavy atom. The number of nitrogens with zero attached hydrogens (tertiary/aromatic N) is 1. The van der Waals surface area contributed by atoms with Crippen LogP contribution in [0, 0.1) is 0 Å². The van der Waals surface area contributed by atoms with E-state index in [1.54, 1.807) is 6.92 Å². The molecule has 0 aliphatic carbocycles. The summed E-state index contributed by atoms with van der Waals surface area (Å²) in [5, 5.41) is 5.08. The Kier molecular flexibility index (Phi) is 6.49. The van der Waals surface area contributed by atoms with Crippen LogP contribution in [-0.4, -0.2) is 23.0 Å². The van der Waals surface area contributed by atoms with Crippen molar-refractivity contribution in [3.05, 3.63) is 35.2 Å². The molecule has 1 atom stereocenters. The number of rotatable bonds is 7. The molecular formula is C18H22N2O3S. The van der Waals surface area contributed by atoms with Gasteiger partial charge in [-0.3, -0.25) is 14.9 Å². The van der Waals surface area contributed by atoms with E-state index >= 15 is 0 Å². The molecule has 0 aliphatic heterocycles. The van der Waals surface area contributed by atoms with Gasteiger partial charge in [-0.05, 0) is 25.3 Å². The predicted octanol–water partition coefficient (Wildman–Crippen LogP) is 4.04. The van der Waals surface area contributed by atoms with E-state index in [1.807, 2.05) is 24.4 Å². The number of thiazole rings is 1. The van der Waals surface area contributed by atoms with E-state index in [0.717, 1.165) is 17.7 Å². The van der Waals surface area contributed by atoms with Crippen molar-refractivity contribution in [2.24, 2.45) is 0 Å². The molecule has 0 aliphatic rings. The van der Waals surface area contributed by atoms with Gasteiger partial charge in [0.15, 0.2) is 11.2 Å². The van der Waals surface area contributed by atoms with Crippen LogP contribution in [0.1, 0.15) is 39.2 Å². The molecule has 0 bridgehead atoms. The zero-order valence-corrected chi connectivity index (χ0v) is 15.0. The second-order valence-corrected chi connectivity index (χ2v) is 6.32. The number of carbonyl (C=O) groups excluding carboxylic acids is 2. The van der Waals surface area contributed by atoms with Crippen molar-refractivity contribution < 1.29 is 14.3 Å². The summed E-state index contributed by atoms with van der Waals surface area (Å²) in [7, 11) is 0. The fraction of sp³-hybridized carbons (Fsp3) is 0.389. The number of hydrogen-bond donors (Lipinski definition) is 1. The van der Waals surface area contributed by atoms with Crippen molar-refractivity contribution in [3.8, 4) is 11.3 Å². The first-order valence-electron chi connectivity index (χ1n) is 8.08. The number of amides is 1. The number of carbonyl (C=O) groups is 2. The molecular weight excluding hydrogens is 324 g/mol. The van der Waals surface area contributed by atoms with Crippen LogP contribution in [0.25, 0.3) is 11.3 Å². The van der Waals surface area contributed by atoms with Gasteiger partial charge in [-0.15, -0.1) is 11.3 Å². The Hall–Kier alpha value is -2.21. The summed E-state index contributed by atoms with van der Waals surface area (Å²) in [6, 6.07) is 8.19. The quantitative estimate of drug-likeness (QED) is 0.768. The molecule has 0 unspecified atom stereocenters. The number of anilines is 1. The third-order valence-corrected chi connectivity index (χ3v) is 4.28. The summed E-state index contributed by atoms with van der Waals surface area (Å²) in [4.78, 5) is 27.9. The molecule has 1 aromatic heterocycles. The number of ether oxygens (including phenoxy) is 1. The Labute approximate surface area is 146 Å². The highest BCUT2D eigenvalue weighted by molar-refractivity contribution is 7.14. The van der Waals surface area contributed by atoms with Crippen molar-refractivity contribution in [2.75, 3.05) is 5.32 Å². The zero-order valence-electron chi connectivity index (χ0n) is 14.2. The molecule has 1 aromatic carbocycles. The maximum atomic E-state index is 12.1. The Balaban J connectivity index is 1.97. The first-order valence-corrected chi connectivity index (χ1v) is 8.96. The average Bonchev–Trinajstić information content (AvgIpc) is 3.03. The lowest BCUT2D eigenvalue weighted by Crippen LogP contribution is -2.29. The topological polar surface area (TPSA) is 68.3 Å². The number of esters is 1. The van der Waals surface area contributed by atoms with Crippen molar-refractivity contribution in [2.45, 2.75) is 46.1 Å². The summed E-state index contributed by atoms with van der Waals surface area (Å²) in [6.07, 6.45) is 1.17. The second kappa shape index (κ2) is 8.59. The van der Waals surface area contributed by atoms with Gasteiger partial charge < -0.3 is 4.74 Å². The van der Waals surface area contributed by atoms with Crippen LogP contribution in [0.5, 0.6) is 0 Å². The normalized spacial score (nSPS) is 11.8. The van der Waals surface area contributed by atoms with E-state index < -0.39 is 6.10 Å². The Morgan fingerprint density at radius 1 is 1.25 bits per heavy atom. The Bertz CT molecular complexity index is 695. The summed E-state index contributed by atoms with van der Waals surface area (Å²) < 4.78 is 5.07. The summed E-state index contributed by atoms with van der Waals surface area (Å²) in [5.74, 6) is -0.738. The minimum absolute atomic E-state index is 0.312. The lowest BCUT2D eigenvalue weighted by molar-refractivity contribution is -0.153. The molecule has 1 N–H and O–H groups in total. The van der Waals surface area contributed by atoms with Crippen molar-refractivity contribution in [1.29, 1.82) is 0 Å². The summed E-state index contributed by atoms with van der Waals surface area (Å²) in [6.45, 7) is 5.55. The number of benzene rings is 1. The third-order valence-electron chi connectivity index (χ3n) is 3.52. The number of aryl methyl sites for hydroxylation is 1. The third kappa shape index (κ3) is 4.89. The minimum Gasteiger partial charge on any atom is -0.453 e. The number of hydrogen-bond acceptors (Lipinski definition) is 5. The maximum absolute atomic E-state index is 12.1. The average molecular weight is 346 g/mol. The van der Waals surface area contributed by atoms with Gasteiger partial charge in [0.2, 0.25) is 0 Å². The monoisotopic (exact) mass is 346 g/mol. The van der Waals surface area contributed by atoms with Crippen LogP contribution in [0.4, 0.5) is 5.13 Å². The van der Waals surface area contributed by atoms with E-state index in [0.29, 0.717) is 18.0 Å². The van der Waals surface area contributed by atoms with Gasteiger partial charge in [-0.2, -0.15) is 0 Å². The predicted molar refractivity (Wildman–Crippen MR) is 96.0 cm³/mol. The highest BCUT2D eigenvalue weighted by atomic mass is 32.1. The SMILES string of the molecule is CCCC(=O)O[C@@H](C)C(=O)Nc1nc(-c2ccc(CC)cc2)cs1. The maximum Gasteiger partial charge on any atom is 0.306 e. The van der Waals surface area contributed by atoms with Crippen LogP contribution in [0.3, 0.4) is 0 Å². The first-order chi connectivity index (χ1) is 11.5. The molecule has 24 heavy (non-hydrogen) atoms. The van der Waals surface area contributed by atoms with E-state index in [-0.39, 0.29) is 11.9 Å². The van der Waals surface area contributed by atoms with Crippen molar-refractivity contribution >= 4 is 28.3 Å². The van der Waals surface area contributed by atoms with Gasteiger partial charge in [-0.25, -0.2) is 4.98 Å². The molecule has 2 rings (SSSR count). The molecule has 0 saturated carbocycles. The molecule has 0 saturated heterocycles. The molecule has 6 heteroatoms. The van der Waals surface area contributed by atoms with Gasteiger partial charge in [0, 0.05) is 17.4 Å². The van der Waals surface area contributed by atoms with Crippen LogP contribution < -0.4 is 5.32 Å². The standard InChI is InChI=1S/C18H22N2O3S/c1-4-6-16(21)23-12(3)17(22)20-18-19-15(11-24-18)14-9-7-13(5-2)8-10-14/h7-12H,4-6H2,1-3H3,(H,19,20,22)/t12-/m0/s1. The lowest BCUT2D eigenvalue weighted by Gasteiger charge is -2.11. The van der Waals surface area contributed by atoms with Gasteiger partial charge in [0.25, 0.3) is 5.91 Å². The molecule has 2 aromatic rings. The summed E-state index contributed by atoms with van der Waals surface area (Å²) in [5.41, 5.74) is 3.09. The Morgan fingerprint density at radius 3 is 2.58 bits per heavy atom. The van der Waals surface area contributed by atoms with Crippen molar-refractivity contribution in [1.82, 2.24) is 4.98 Å². The molecule has 0 radical (unpaired) electrons. The smallest absolute Gasteiger partial charge is 0.306 e. The highest BCUT2D eigenvalue weighted by Crippen LogP contribution is 2.25. The molecule has 1 heterocycles. The fourth-order valence-corrected chi connectivity index (χ4v) is 2.82. The van der Waals surface area contributed by atoms with Gasteiger partial charge in [0.1, 0.15) is 0 Å². The highest BCUT2D eigenvalue weighted by Gasteiger charge is 2.18. The number of aromatic nitrogens is 1. The van der Waals surface area contributed by atoms with Crippen molar-refractivity contribution in [3.63, 3.8) is 0 Å². The van der Waals surface area contributed by atoms with E-state index in [4.69, 9.17) is 4.74 Å². The largest absolute Gasteiger partial charge is 0.453 e. The first kappa shape index (κ1) is 18.1. The molecule has 1 amide bonds. The van der Waals surface area contributed by atoms with Crippen LogP contribution in [0.2, 0.25) is 0 Å². The van der Waals surface area contributed by atoms with Crippen LogP contribution in [-0.2, 0) is 20.7 Å². The van der Waals surface area contributed by atoms with Crippen LogP contribution >= 0.6 is 11.3 Å². The molecule has 0 fully saturated rings. The molecule has 128 valence electrons. The number of nitrogens with one attached hydrogen (secondary N) is 1. The molecule has 5 nitrogen and oxygen atoms in total. The summed E-state index contributed by atoms with van der Waals surface area (Å²) >= 11 is 1.35. The van der Waals surface area contributed by atoms with E-state index in [9.17, 15) is 9.59 Å².